The quantitative estimate of drug-likeness (QED) is 0.594. The maximum Gasteiger partial charge on any atom is 0.276 e. The zero-order valence-corrected chi connectivity index (χ0v) is 9.54. The first-order valence-corrected chi connectivity index (χ1v) is 5.44. The molecule has 3 heterocycles. The fourth-order valence-corrected chi connectivity index (χ4v) is 2.06. The van der Waals surface area contributed by atoms with Crippen LogP contribution in [0.1, 0.15) is 5.69 Å². The lowest BCUT2D eigenvalue weighted by Gasteiger charge is -2.06. The minimum Gasteiger partial charge on any atom is -0.355 e. The molecule has 0 saturated heterocycles. The van der Waals surface area contributed by atoms with Gasteiger partial charge in [0.2, 0.25) is 0 Å². The minimum absolute atomic E-state index is 0.198. The molecule has 86 valence electrons. The molecule has 3 aromatic rings. The largest absolute Gasteiger partial charge is 0.355 e. The molecular formula is C10H9N5OS. The first-order valence-electron chi connectivity index (χ1n) is 5.03. The zero-order chi connectivity index (χ0) is 11.8. The third-order valence-corrected chi connectivity index (χ3v) is 2.91. The van der Waals surface area contributed by atoms with Crippen molar-refractivity contribution in [3.63, 3.8) is 0 Å². The average Bonchev–Trinajstić information content (AvgIpc) is 2.95. The lowest BCUT2D eigenvalue weighted by Crippen LogP contribution is -2.14. The molecule has 0 unspecified atom stereocenters. The topological polar surface area (TPSA) is 82.3 Å². The zero-order valence-electron chi connectivity index (χ0n) is 8.73. The molecule has 0 spiro atoms. The molecule has 0 saturated carbocycles. The van der Waals surface area contributed by atoms with E-state index in [0.717, 1.165) is 11.2 Å². The maximum atomic E-state index is 11.6. The Morgan fingerprint density at radius 3 is 3.06 bits per heavy atom. The number of hydrogen-bond donors (Lipinski definition) is 3. The van der Waals surface area contributed by atoms with Gasteiger partial charge in [-0.1, -0.05) is 0 Å². The molecule has 0 fully saturated rings. The Balaban J connectivity index is 2.25. The summed E-state index contributed by atoms with van der Waals surface area (Å²) in [5.74, 6) is 0. The number of fused-ring (bicyclic) bond motifs is 1. The van der Waals surface area contributed by atoms with Crippen LogP contribution in [0, 0.1) is 4.77 Å². The molecule has 3 N–H and O–H groups in total. The summed E-state index contributed by atoms with van der Waals surface area (Å²) < 4.78 is 2.24. The van der Waals surface area contributed by atoms with E-state index in [2.05, 4.69) is 19.9 Å². The standard InChI is InChI=1S/C10H9N5OS/c16-9-8-7(1-2-12-8)15(10(17)14-9)4-6-3-11-5-13-6/h1-3,5,12H,4H2,(H,11,13)(H,14,16,17). The van der Waals surface area contributed by atoms with Gasteiger partial charge >= 0.3 is 0 Å². The highest BCUT2D eigenvalue weighted by atomic mass is 32.1. The molecule has 0 atom stereocenters. The predicted molar refractivity (Wildman–Crippen MR) is 65.4 cm³/mol. The van der Waals surface area contributed by atoms with Gasteiger partial charge in [0.05, 0.1) is 24.1 Å². The van der Waals surface area contributed by atoms with Crippen LogP contribution in [0.3, 0.4) is 0 Å². The lowest BCUT2D eigenvalue weighted by molar-refractivity contribution is 0.766. The van der Waals surface area contributed by atoms with Crippen molar-refractivity contribution in [3.05, 3.63) is 45.6 Å². The van der Waals surface area contributed by atoms with Gasteiger partial charge in [0.1, 0.15) is 5.52 Å². The Morgan fingerprint density at radius 1 is 1.41 bits per heavy atom. The van der Waals surface area contributed by atoms with Gasteiger partial charge < -0.3 is 14.5 Å². The van der Waals surface area contributed by atoms with Crippen molar-refractivity contribution in [1.82, 2.24) is 24.5 Å². The Bertz CT molecular complexity index is 764. The molecule has 3 aromatic heterocycles. The van der Waals surface area contributed by atoms with Crippen molar-refractivity contribution in [2.75, 3.05) is 0 Å². The summed E-state index contributed by atoms with van der Waals surface area (Å²) in [6, 6.07) is 1.83. The highest BCUT2D eigenvalue weighted by Crippen LogP contribution is 2.09. The smallest absolute Gasteiger partial charge is 0.276 e. The third kappa shape index (κ3) is 1.60. The van der Waals surface area contributed by atoms with E-state index in [0.29, 0.717) is 16.8 Å². The molecule has 6 nitrogen and oxygen atoms in total. The normalized spacial score (nSPS) is 11.1. The number of rotatable bonds is 2. The average molecular weight is 247 g/mol. The Hall–Kier alpha value is -2.15. The van der Waals surface area contributed by atoms with E-state index in [4.69, 9.17) is 12.2 Å². The van der Waals surface area contributed by atoms with Crippen LogP contribution in [0.2, 0.25) is 0 Å². The van der Waals surface area contributed by atoms with Crippen LogP contribution in [0.4, 0.5) is 0 Å². The highest BCUT2D eigenvalue weighted by molar-refractivity contribution is 7.71. The molecule has 0 aliphatic heterocycles. The number of nitrogens with one attached hydrogen (secondary N) is 3. The summed E-state index contributed by atoms with van der Waals surface area (Å²) in [5.41, 5.74) is 2.04. The molecule has 7 heteroatoms. The summed E-state index contributed by atoms with van der Waals surface area (Å²) in [7, 11) is 0. The molecule has 0 bridgehead atoms. The van der Waals surface area contributed by atoms with Gasteiger partial charge in [-0.3, -0.25) is 9.78 Å². The van der Waals surface area contributed by atoms with Gasteiger partial charge in [0.15, 0.2) is 4.77 Å². The number of H-pyrrole nitrogens is 3. The Kier molecular flexibility index (Phi) is 2.19. The van der Waals surface area contributed by atoms with Crippen LogP contribution in [-0.2, 0) is 6.54 Å². The van der Waals surface area contributed by atoms with Gasteiger partial charge in [-0.05, 0) is 18.3 Å². The van der Waals surface area contributed by atoms with E-state index >= 15 is 0 Å². The second-order valence-corrected chi connectivity index (χ2v) is 4.05. The highest BCUT2D eigenvalue weighted by Gasteiger charge is 2.07. The molecule has 3 rings (SSSR count). The van der Waals surface area contributed by atoms with Crippen molar-refractivity contribution in [1.29, 1.82) is 0 Å². The SMILES string of the molecule is O=c1[nH]c(=S)n(Cc2cnc[nH]2)c2cc[nH]c12. The van der Waals surface area contributed by atoms with E-state index in [1.54, 1.807) is 18.7 Å². The molecular weight excluding hydrogens is 238 g/mol. The molecule has 0 radical (unpaired) electrons. The van der Waals surface area contributed by atoms with Crippen molar-refractivity contribution in [2.24, 2.45) is 0 Å². The molecule has 0 aliphatic carbocycles. The van der Waals surface area contributed by atoms with Crippen LogP contribution in [-0.4, -0.2) is 24.5 Å². The van der Waals surface area contributed by atoms with Crippen LogP contribution in [0.5, 0.6) is 0 Å². The first kappa shape index (κ1) is 10.0. The molecule has 0 amide bonds. The van der Waals surface area contributed by atoms with Crippen molar-refractivity contribution < 1.29 is 0 Å². The van der Waals surface area contributed by atoms with Crippen LogP contribution >= 0.6 is 12.2 Å². The summed E-state index contributed by atoms with van der Waals surface area (Å²) in [5, 5.41) is 0. The van der Waals surface area contributed by atoms with E-state index in [1.807, 2.05) is 10.6 Å². The second kappa shape index (κ2) is 3.70. The van der Waals surface area contributed by atoms with Crippen LogP contribution in [0.15, 0.2) is 29.6 Å². The first-order chi connectivity index (χ1) is 8.25. The summed E-state index contributed by atoms with van der Waals surface area (Å²) in [6.07, 6.45) is 5.06. The number of imidazole rings is 1. The summed E-state index contributed by atoms with van der Waals surface area (Å²) in [6.45, 7) is 0.546. The summed E-state index contributed by atoms with van der Waals surface area (Å²) >= 11 is 5.17. The maximum absolute atomic E-state index is 11.6. The number of nitrogens with zero attached hydrogens (tertiary/aromatic N) is 2. The number of hydrogen-bond acceptors (Lipinski definition) is 3. The monoisotopic (exact) mass is 247 g/mol. The summed E-state index contributed by atoms with van der Waals surface area (Å²) in [4.78, 5) is 24.1. The predicted octanol–water partition coefficient (Wildman–Crippen LogP) is 1.16. The van der Waals surface area contributed by atoms with E-state index in [-0.39, 0.29) is 5.56 Å². The molecule has 0 aromatic carbocycles. The fraction of sp³-hybridized carbons (Fsp3) is 0.100. The van der Waals surface area contributed by atoms with E-state index < -0.39 is 0 Å². The van der Waals surface area contributed by atoms with E-state index in [1.165, 1.54) is 0 Å². The second-order valence-electron chi connectivity index (χ2n) is 3.66. The van der Waals surface area contributed by atoms with Gasteiger partial charge in [-0.15, -0.1) is 0 Å². The number of aromatic amines is 3. The third-order valence-electron chi connectivity index (χ3n) is 2.59. The van der Waals surface area contributed by atoms with Crippen molar-refractivity contribution in [3.8, 4) is 0 Å². The van der Waals surface area contributed by atoms with Crippen molar-refractivity contribution in [2.45, 2.75) is 6.54 Å². The van der Waals surface area contributed by atoms with Gasteiger partial charge in [0, 0.05) is 12.4 Å². The van der Waals surface area contributed by atoms with Gasteiger partial charge in [-0.25, -0.2) is 4.98 Å². The van der Waals surface area contributed by atoms with Crippen LogP contribution in [0.25, 0.3) is 11.0 Å². The van der Waals surface area contributed by atoms with Crippen LogP contribution < -0.4 is 5.56 Å². The molecule has 0 aliphatic rings. The Labute approximate surface area is 100 Å². The molecule has 17 heavy (non-hydrogen) atoms. The van der Waals surface area contributed by atoms with Gasteiger partial charge in [0.25, 0.3) is 5.56 Å². The van der Waals surface area contributed by atoms with E-state index in [9.17, 15) is 4.79 Å². The fourth-order valence-electron chi connectivity index (χ4n) is 1.80. The Morgan fingerprint density at radius 2 is 2.29 bits per heavy atom. The number of aromatic nitrogens is 5. The van der Waals surface area contributed by atoms with Crippen molar-refractivity contribution >= 4 is 23.3 Å². The minimum atomic E-state index is -0.198. The lowest BCUT2D eigenvalue weighted by atomic mass is 10.4. The van der Waals surface area contributed by atoms with Gasteiger partial charge in [-0.2, -0.15) is 0 Å².